The first-order valence-corrected chi connectivity index (χ1v) is 7.61. The molecule has 2 rings (SSSR count). The summed E-state index contributed by atoms with van der Waals surface area (Å²) >= 11 is 6.79. The summed E-state index contributed by atoms with van der Waals surface area (Å²) in [5.74, 6) is 0. The second kappa shape index (κ2) is 5.29. The van der Waals surface area contributed by atoms with Crippen LogP contribution in [0, 0.1) is 0 Å². The van der Waals surface area contributed by atoms with Crippen molar-refractivity contribution in [3.05, 3.63) is 54.8 Å². The topological polar surface area (TPSA) is 37.8 Å². The normalized spacial score (nSPS) is 11.8. The van der Waals surface area contributed by atoms with E-state index in [1.54, 1.807) is 4.68 Å². The Morgan fingerprint density at radius 1 is 1.16 bits per heavy atom. The highest BCUT2D eigenvalue weighted by Crippen LogP contribution is 2.25. The number of nitrogens with zero attached hydrogens (tertiary/aromatic N) is 1. The van der Waals surface area contributed by atoms with Gasteiger partial charge in [0, 0.05) is 9.89 Å². The molecule has 0 aliphatic heterocycles. The second-order valence-electron chi connectivity index (χ2n) is 5.57. The van der Waals surface area contributed by atoms with Crippen LogP contribution in [0.1, 0.15) is 32.0 Å². The van der Waals surface area contributed by atoms with Gasteiger partial charge in [-0.25, -0.2) is 4.68 Å². The van der Waals surface area contributed by atoms with Crippen LogP contribution in [0.2, 0.25) is 0 Å². The highest BCUT2D eigenvalue weighted by atomic mass is 79.9. The van der Waals surface area contributed by atoms with E-state index in [1.807, 2.05) is 24.3 Å². The van der Waals surface area contributed by atoms with Crippen molar-refractivity contribution in [2.75, 3.05) is 0 Å². The first kappa shape index (κ1) is 14.6. The summed E-state index contributed by atoms with van der Waals surface area (Å²) in [6.45, 7) is 6.77. The number of H-pyrrole nitrogens is 1. The largest absolute Gasteiger partial charge is 0.298 e. The molecule has 102 valence electrons. The monoisotopic (exact) mass is 386 g/mol. The maximum absolute atomic E-state index is 12.2. The van der Waals surface area contributed by atoms with Gasteiger partial charge in [0.25, 0.3) is 5.56 Å². The zero-order valence-electron chi connectivity index (χ0n) is 11.1. The summed E-state index contributed by atoms with van der Waals surface area (Å²) in [5.41, 5.74) is 1.89. The van der Waals surface area contributed by atoms with Crippen LogP contribution in [0.5, 0.6) is 0 Å². The molecule has 1 N–H and O–H groups in total. The van der Waals surface area contributed by atoms with Gasteiger partial charge in [0.2, 0.25) is 0 Å². The fraction of sp³-hybridized carbons (Fsp3) is 0.357. The number of aromatic nitrogens is 2. The van der Waals surface area contributed by atoms with Crippen molar-refractivity contribution in [3.63, 3.8) is 0 Å². The van der Waals surface area contributed by atoms with Crippen LogP contribution in [-0.2, 0) is 12.0 Å². The smallest absolute Gasteiger partial charge is 0.281 e. The van der Waals surface area contributed by atoms with Gasteiger partial charge >= 0.3 is 0 Å². The number of rotatable bonds is 2. The van der Waals surface area contributed by atoms with Crippen molar-refractivity contribution in [1.29, 1.82) is 0 Å². The van der Waals surface area contributed by atoms with Crippen molar-refractivity contribution in [3.8, 4) is 0 Å². The summed E-state index contributed by atoms with van der Waals surface area (Å²) in [4.78, 5) is 12.2. The SMILES string of the molecule is CC(C)(C)c1[nH]n(Cc2ccc(Br)cc2)c(=O)c1Br. The Morgan fingerprint density at radius 3 is 2.21 bits per heavy atom. The minimum atomic E-state index is -0.0943. The highest BCUT2D eigenvalue weighted by Gasteiger charge is 2.22. The molecule has 0 aliphatic rings. The van der Waals surface area contributed by atoms with Crippen LogP contribution in [0.4, 0.5) is 0 Å². The standard InChI is InChI=1S/C14H16Br2N2O/c1-14(2,3)12-11(16)13(19)18(17-12)8-9-4-6-10(15)7-5-9/h4-7,17H,8H2,1-3H3. The van der Waals surface area contributed by atoms with E-state index in [9.17, 15) is 4.79 Å². The molecule has 0 aliphatic carbocycles. The Hall–Kier alpha value is -0.810. The average Bonchev–Trinajstić information content (AvgIpc) is 2.60. The summed E-state index contributed by atoms with van der Waals surface area (Å²) < 4.78 is 3.29. The molecule has 0 bridgehead atoms. The number of benzene rings is 1. The van der Waals surface area contributed by atoms with Gasteiger partial charge in [0.1, 0.15) is 4.47 Å². The van der Waals surface area contributed by atoms with E-state index in [0.717, 1.165) is 15.7 Å². The van der Waals surface area contributed by atoms with Gasteiger partial charge in [0.05, 0.1) is 12.2 Å². The minimum absolute atomic E-state index is 0.0205. The van der Waals surface area contributed by atoms with E-state index in [-0.39, 0.29) is 11.0 Å². The number of hydrogen-bond acceptors (Lipinski definition) is 1. The maximum atomic E-state index is 12.2. The Balaban J connectivity index is 2.37. The summed E-state index contributed by atoms with van der Waals surface area (Å²) in [6.07, 6.45) is 0. The molecular weight excluding hydrogens is 372 g/mol. The molecule has 0 saturated heterocycles. The predicted octanol–water partition coefficient (Wildman–Crippen LogP) is 4.05. The number of nitrogens with one attached hydrogen (secondary N) is 1. The van der Waals surface area contributed by atoms with E-state index in [2.05, 4.69) is 57.7 Å². The number of aromatic amines is 1. The van der Waals surface area contributed by atoms with E-state index in [4.69, 9.17) is 0 Å². The Labute approximate surface area is 129 Å². The summed E-state index contributed by atoms with van der Waals surface area (Å²) in [5, 5.41) is 3.20. The molecule has 5 heteroatoms. The third-order valence-electron chi connectivity index (χ3n) is 2.90. The summed E-state index contributed by atoms with van der Waals surface area (Å²) in [6, 6.07) is 7.95. The van der Waals surface area contributed by atoms with Crippen LogP contribution in [0.25, 0.3) is 0 Å². The van der Waals surface area contributed by atoms with Crippen LogP contribution in [-0.4, -0.2) is 9.78 Å². The summed E-state index contributed by atoms with van der Waals surface area (Å²) in [7, 11) is 0. The zero-order valence-corrected chi connectivity index (χ0v) is 14.3. The first-order chi connectivity index (χ1) is 8.79. The van der Waals surface area contributed by atoms with E-state index < -0.39 is 0 Å². The van der Waals surface area contributed by atoms with Gasteiger partial charge in [-0.1, -0.05) is 48.8 Å². The molecule has 3 nitrogen and oxygen atoms in total. The lowest BCUT2D eigenvalue weighted by atomic mass is 9.93. The molecule has 0 spiro atoms. The van der Waals surface area contributed by atoms with E-state index >= 15 is 0 Å². The Bertz CT molecular complexity index is 633. The zero-order chi connectivity index (χ0) is 14.2. The van der Waals surface area contributed by atoms with Crippen molar-refractivity contribution in [1.82, 2.24) is 9.78 Å². The predicted molar refractivity (Wildman–Crippen MR) is 84.7 cm³/mol. The Morgan fingerprint density at radius 2 is 1.74 bits per heavy atom. The molecule has 1 aromatic heterocycles. The van der Waals surface area contributed by atoms with Gasteiger partial charge in [0.15, 0.2) is 0 Å². The van der Waals surface area contributed by atoms with Crippen molar-refractivity contribution < 1.29 is 0 Å². The first-order valence-electron chi connectivity index (χ1n) is 6.02. The lowest BCUT2D eigenvalue weighted by Gasteiger charge is -2.16. The van der Waals surface area contributed by atoms with Gasteiger partial charge in [-0.15, -0.1) is 0 Å². The minimum Gasteiger partial charge on any atom is -0.298 e. The maximum Gasteiger partial charge on any atom is 0.281 e. The number of hydrogen-bond donors (Lipinski definition) is 1. The van der Waals surface area contributed by atoms with Crippen LogP contribution >= 0.6 is 31.9 Å². The van der Waals surface area contributed by atoms with Crippen molar-refractivity contribution in [2.45, 2.75) is 32.7 Å². The molecule has 2 aromatic rings. The molecule has 0 saturated carbocycles. The van der Waals surface area contributed by atoms with Crippen LogP contribution in [0.15, 0.2) is 38.0 Å². The molecular formula is C14H16Br2N2O. The van der Waals surface area contributed by atoms with Gasteiger partial charge < -0.3 is 0 Å². The third kappa shape index (κ3) is 3.20. The van der Waals surface area contributed by atoms with E-state index in [0.29, 0.717) is 11.0 Å². The highest BCUT2D eigenvalue weighted by molar-refractivity contribution is 9.10. The molecule has 0 amide bonds. The molecule has 0 unspecified atom stereocenters. The fourth-order valence-electron chi connectivity index (χ4n) is 1.84. The Kier molecular flexibility index (Phi) is 4.06. The van der Waals surface area contributed by atoms with Gasteiger partial charge in [-0.3, -0.25) is 9.89 Å². The van der Waals surface area contributed by atoms with Crippen LogP contribution < -0.4 is 5.56 Å². The fourth-order valence-corrected chi connectivity index (χ4v) is 3.00. The average molecular weight is 388 g/mol. The molecule has 1 aromatic carbocycles. The third-order valence-corrected chi connectivity index (χ3v) is 4.17. The quantitative estimate of drug-likeness (QED) is 0.829. The molecule has 0 radical (unpaired) electrons. The van der Waals surface area contributed by atoms with Gasteiger partial charge in [-0.2, -0.15) is 0 Å². The second-order valence-corrected chi connectivity index (χ2v) is 7.28. The van der Waals surface area contributed by atoms with Crippen LogP contribution in [0.3, 0.4) is 0 Å². The van der Waals surface area contributed by atoms with Crippen molar-refractivity contribution in [2.24, 2.45) is 0 Å². The molecule has 0 fully saturated rings. The molecule has 0 atom stereocenters. The molecule has 1 heterocycles. The molecule has 19 heavy (non-hydrogen) atoms. The number of halogens is 2. The lowest BCUT2D eigenvalue weighted by Crippen LogP contribution is -2.17. The van der Waals surface area contributed by atoms with Gasteiger partial charge in [-0.05, 0) is 33.6 Å². The lowest BCUT2D eigenvalue weighted by molar-refractivity contribution is 0.541. The van der Waals surface area contributed by atoms with E-state index in [1.165, 1.54) is 0 Å². The van der Waals surface area contributed by atoms with Crippen molar-refractivity contribution >= 4 is 31.9 Å².